The second-order valence-corrected chi connectivity index (χ2v) is 6.40. The molecule has 0 radical (unpaired) electrons. The Morgan fingerprint density at radius 2 is 2.05 bits per heavy atom. The number of hydrogen-bond acceptors (Lipinski definition) is 4. The molecule has 0 aromatic heterocycles. The number of carbonyl (C=O) groups excluding carboxylic acids is 1. The second kappa shape index (κ2) is 6.78. The fraction of sp³-hybridized carbons (Fsp3) is 0.417. The Hall–Kier alpha value is -1.51. The molecule has 0 fully saturated rings. The molecule has 0 aliphatic heterocycles. The van der Waals surface area contributed by atoms with Gasteiger partial charge in [-0.05, 0) is 18.2 Å². The van der Waals surface area contributed by atoms with Gasteiger partial charge in [-0.15, -0.1) is 0 Å². The Morgan fingerprint density at radius 1 is 1.40 bits per heavy atom. The number of aromatic carboxylic acids is 1. The zero-order valence-corrected chi connectivity index (χ0v) is 12.1. The zero-order valence-electron chi connectivity index (χ0n) is 11.3. The first-order valence-electron chi connectivity index (χ1n) is 6.03. The molecule has 0 aliphatic rings. The third-order valence-electron chi connectivity index (χ3n) is 2.61. The van der Waals surface area contributed by atoms with E-state index < -0.39 is 27.4 Å². The van der Waals surface area contributed by atoms with Gasteiger partial charge in [-0.1, -0.05) is 0 Å². The highest BCUT2D eigenvalue weighted by atomic mass is 32.2. The second-order valence-electron chi connectivity index (χ2n) is 4.64. The fourth-order valence-corrected chi connectivity index (χ4v) is 2.66. The van der Waals surface area contributed by atoms with Crippen LogP contribution in [0.25, 0.3) is 0 Å². The van der Waals surface area contributed by atoms with E-state index in [-0.39, 0.29) is 11.4 Å². The topological polar surface area (TPSA) is 90.7 Å². The summed E-state index contributed by atoms with van der Waals surface area (Å²) in [7, 11) is 0.0421. The van der Waals surface area contributed by atoms with Gasteiger partial charge in [0.05, 0.1) is 31.5 Å². The van der Waals surface area contributed by atoms with Crippen molar-refractivity contribution >= 4 is 16.0 Å². The van der Waals surface area contributed by atoms with Crippen molar-refractivity contribution < 1.29 is 27.6 Å². The first-order valence-corrected chi connectivity index (χ1v) is 7.52. The van der Waals surface area contributed by atoms with Crippen molar-refractivity contribution in [2.24, 2.45) is 0 Å². The van der Waals surface area contributed by atoms with Crippen LogP contribution in [0, 0.1) is 5.82 Å². The Kier molecular flexibility index (Phi) is 5.61. The van der Waals surface area contributed by atoms with Crippen LogP contribution in [-0.4, -0.2) is 41.6 Å². The number of carbonyl (C=O) groups is 1. The summed E-state index contributed by atoms with van der Waals surface area (Å²) in [4.78, 5) is 11.6. The fourth-order valence-electron chi connectivity index (χ4n) is 1.56. The van der Waals surface area contributed by atoms with Crippen LogP contribution in [-0.2, 0) is 10.0 Å². The molecule has 8 heteroatoms. The summed E-state index contributed by atoms with van der Waals surface area (Å²) < 4.78 is 39.3. The molecule has 0 heterocycles. The lowest BCUT2D eigenvalue weighted by Crippen LogP contribution is -3.05. The van der Waals surface area contributed by atoms with E-state index in [0.717, 1.165) is 24.7 Å². The van der Waals surface area contributed by atoms with E-state index in [4.69, 9.17) is 0 Å². The van der Waals surface area contributed by atoms with Crippen LogP contribution >= 0.6 is 0 Å². The van der Waals surface area contributed by atoms with Crippen LogP contribution in [0.3, 0.4) is 0 Å². The third kappa shape index (κ3) is 4.55. The van der Waals surface area contributed by atoms with Gasteiger partial charge in [-0.3, -0.25) is 0 Å². The van der Waals surface area contributed by atoms with Crippen LogP contribution in [0.1, 0.15) is 16.8 Å². The third-order valence-corrected chi connectivity index (χ3v) is 4.07. The quantitative estimate of drug-likeness (QED) is 0.570. The monoisotopic (exact) mass is 304 g/mol. The van der Waals surface area contributed by atoms with Crippen LogP contribution < -0.4 is 14.7 Å². The molecule has 0 bridgehead atoms. The van der Waals surface area contributed by atoms with Crippen molar-refractivity contribution in [2.45, 2.75) is 11.3 Å². The van der Waals surface area contributed by atoms with Gasteiger partial charge in [-0.2, -0.15) is 0 Å². The Labute approximate surface area is 117 Å². The normalized spacial score (nSPS) is 11.8. The summed E-state index contributed by atoms with van der Waals surface area (Å²) in [6, 6.07) is 2.56. The highest BCUT2D eigenvalue weighted by molar-refractivity contribution is 7.89. The summed E-state index contributed by atoms with van der Waals surface area (Å²) >= 11 is 0. The molecule has 0 atom stereocenters. The molecule has 6 nitrogen and oxygen atoms in total. The highest BCUT2D eigenvalue weighted by Crippen LogP contribution is 2.14. The van der Waals surface area contributed by atoms with Gasteiger partial charge < -0.3 is 14.8 Å². The van der Waals surface area contributed by atoms with Gasteiger partial charge in [0, 0.05) is 18.5 Å². The number of halogens is 1. The molecule has 1 rings (SSSR count). The Morgan fingerprint density at radius 3 is 2.60 bits per heavy atom. The summed E-state index contributed by atoms with van der Waals surface area (Å²) in [6.45, 7) is 1.02. The van der Waals surface area contributed by atoms with Crippen molar-refractivity contribution in [2.75, 3.05) is 27.2 Å². The van der Waals surface area contributed by atoms with E-state index in [9.17, 15) is 22.7 Å². The van der Waals surface area contributed by atoms with E-state index in [0.29, 0.717) is 6.42 Å². The van der Waals surface area contributed by atoms with Gasteiger partial charge in [0.15, 0.2) is 0 Å². The lowest BCUT2D eigenvalue weighted by molar-refractivity contribution is -0.858. The molecule has 0 saturated heterocycles. The number of hydrogen-bond donors (Lipinski definition) is 2. The maximum absolute atomic E-state index is 13.2. The number of nitrogens with one attached hydrogen (secondary N) is 2. The minimum absolute atomic E-state index is 0.228. The van der Waals surface area contributed by atoms with Gasteiger partial charge in [-0.25, -0.2) is 17.5 Å². The SMILES string of the molecule is C[NH+](C)CCCNS(=O)(=O)c1ccc(F)c(C(=O)[O-])c1. The lowest BCUT2D eigenvalue weighted by atomic mass is 10.2. The Bertz CT molecular complexity index is 587. The number of carboxylic acids is 1. The Balaban J connectivity index is 2.82. The summed E-state index contributed by atoms with van der Waals surface area (Å²) in [5.41, 5.74) is -0.773. The van der Waals surface area contributed by atoms with Crippen molar-refractivity contribution in [1.82, 2.24) is 4.72 Å². The van der Waals surface area contributed by atoms with Crippen molar-refractivity contribution in [1.29, 1.82) is 0 Å². The van der Waals surface area contributed by atoms with Crippen LogP contribution in [0.5, 0.6) is 0 Å². The van der Waals surface area contributed by atoms with Crippen molar-refractivity contribution in [3.8, 4) is 0 Å². The first kappa shape index (κ1) is 16.5. The molecule has 0 saturated carbocycles. The van der Waals surface area contributed by atoms with Gasteiger partial charge in [0.25, 0.3) is 0 Å². The molecule has 2 N–H and O–H groups in total. The predicted octanol–water partition coefficient (Wildman–Crippen LogP) is -2.00. The van der Waals surface area contributed by atoms with E-state index in [2.05, 4.69) is 4.72 Å². The summed E-state index contributed by atoms with van der Waals surface area (Å²) in [6.07, 6.45) is 0.635. The highest BCUT2D eigenvalue weighted by Gasteiger charge is 2.16. The molecule has 1 aromatic carbocycles. The molecule has 0 unspecified atom stereocenters. The molecule has 0 spiro atoms. The number of rotatable bonds is 7. The van der Waals surface area contributed by atoms with Gasteiger partial charge in [0.1, 0.15) is 5.82 Å². The summed E-state index contributed by atoms with van der Waals surface area (Å²) in [5.74, 6) is -2.78. The zero-order chi connectivity index (χ0) is 15.3. The molecular formula is C12H17FN2O4S. The van der Waals surface area contributed by atoms with Crippen LogP contribution in [0.4, 0.5) is 4.39 Å². The average molecular weight is 304 g/mol. The van der Waals surface area contributed by atoms with Gasteiger partial charge in [0.2, 0.25) is 10.0 Å². The van der Waals surface area contributed by atoms with Crippen molar-refractivity contribution in [3.63, 3.8) is 0 Å². The smallest absolute Gasteiger partial charge is 0.240 e. The summed E-state index contributed by atoms with van der Waals surface area (Å²) in [5, 5.41) is 10.7. The van der Waals surface area contributed by atoms with E-state index >= 15 is 0 Å². The maximum atomic E-state index is 13.2. The number of benzene rings is 1. The van der Waals surface area contributed by atoms with E-state index in [1.54, 1.807) is 0 Å². The number of carboxylic acid groups (broad SMARTS) is 1. The lowest BCUT2D eigenvalue weighted by Gasteiger charge is -2.10. The number of sulfonamides is 1. The minimum atomic E-state index is -3.85. The first-order chi connectivity index (χ1) is 9.24. The molecule has 0 amide bonds. The van der Waals surface area contributed by atoms with Crippen LogP contribution in [0.2, 0.25) is 0 Å². The average Bonchev–Trinajstić information content (AvgIpc) is 2.34. The van der Waals surface area contributed by atoms with Gasteiger partial charge >= 0.3 is 0 Å². The van der Waals surface area contributed by atoms with Crippen LogP contribution in [0.15, 0.2) is 23.1 Å². The predicted molar refractivity (Wildman–Crippen MR) is 68.2 cm³/mol. The standard InChI is InChI=1S/C12H17FN2O4S/c1-15(2)7-3-6-14-20(18,19)9-4-5-11(13)10(8-9)12(16)17/h4-5,8,14H,3,6-7H2,1-2H3,(H,16,17). The minimum Gasteiger partial charge on any atom is -0.545 e. The molecular weight excluding hydrogens is 287 g/mol. The maximum Gasteiger partial charge on any atom is 0.240 e. The largest absolute Gasteiger partial charge is 0.545 e. The molecule has 20 heavy (non-hydrogen) atoms. The van der Waals surface area contributed by atoms with Crippen molar-refractivity contribution in [3.05, 3.63) is 29.6 Å². The molecule has 0 aliphatic carbocycles. The van der Waals surface area contributed by atoms with E-state index in [1.807, 2.05) is 14.1 Å². The molecule has 1 aromatic rings. The van der Waals surface area contributed by atoms with E-state index in [1.165, 1.54) is 4.90 Å². The number of quaternary nitrogens is 1. The molecule has 112 valence electrons.